The van der Waals surface area contributed by atoms with Crippen LogP contribution in [0.1, 0.15) is 51.4 Å². The summed E-state index contributed by atoms with van der Waals surface area (Å²) in [4.78, 5) is 26.5. The Morgan fingerprint density at radius 1 is 0.955 bits per heavy atom. The summed E-state index contributed by atoms with van der Waals surface area (Å²) >= 11 is 0. The van der Waals surface area contributed by atoms with Crippen LogP contribution in [0.3, 0.4) is 0 Å². The van der Waals surface area contributed by atoms with Crippen molar-refractivity contribution in [3.05, 3.63) is 0 Å². The average Bonchev–Trinajstić information content (AvgIpc) is 3.34. The summed E-state index contributed by atoms with van der Waals surface area (Å²) in [5.41, 5.74) is 5.90. The summed E-state index contributed by atoms with van der Waals surface area (Å²) in [6.45, 7) is 1.45. The summed E-state index contributed by atoms with van der Waals surface area (Å²) in [5, 5.41) is 3.18. The highest BCUT2D eigenvalue weighted by Crippen LogP contribution is 2.32. The summed E-state index contributed by atoms with van der Waals surface area (Å²) in [6.07, 6.45) is 7.92. The molecular weight excluding hydrogens is 302 g/mol. The van der Waals surface area contributed by atoms with Crippen LogP contribution in [0.15, 0.2) is 0 Å². The van der Waals surface area contributed by atoms with E-state index in [9.17, 15) is 9.59 Å². The van der Waals surface area contributed by atoms with E-state index >= 15 is 0 Å². The van der Waals surface area contributed by atoms with E-state index in [0.29, 0.717) is 12.6 Å². The number of halogens is 1. The molecular formula is C16H28ClN3O2. The lowest BCUT2D eigenvalue weighted by atomic mass is 9.90. The van der Waals surface area contributed by atoms with Gasteiger partial charge >= 0.3 is 0 Å². The summed E-state index contributed by atoms with van der Waals surface area (Å²) < 4.78 is 0. The summed E-state index contributed by atoms with van der Waals surface area (Å²) in [7, 11) is 0. The first-order valence-corrected chi connectivity index (χ1v) is 8.48. The van der Waals surface area contributed by atoms with Crippen LogP contribution in [0, 0.1) is 11.8 Å². The second-order valence-electron chi connectivity index (χ2n) is 7.02. The molecule has 6 heteroatoms. The van der Waals surface area contributed by atoms with Gasteiger partial charge in [-0.25, -0.2) is 0 Å². The molecule has 0 spiro atoms. The largest absolute Gasteiger partial charge is 0.353 e. The molecule has 1 aliphatic heterocycles. The Bertz CT molecular complexity index is 406. The van der Waals surface area contributed by atoms with Crippen molar-refractivity contribution in [3.63, 3.8) is 0 Å². The molecule has 2 aliphatic carbocycles. The minimum absolute atomic E-state index is 0. The molecule has 22 heavy (non-hydrogen) atoms. The molecule has 1 saturated heterocycles. The highest BCUT2D eigenvalue weighted by Gasteiger charge is 2.37. The SMILES string of the molecule is Cl.NC1CCC(NC(=O)C2CCCN(C(=O)C3CC3)C2)CC1. The van der Waals surface area contributed by atoms with Gasteiger partial charge in [0.2, 0.25) is 11.8 Å². The van der Waals surface area contributed by atoms with Gasteiger partial charge in [0.1, 0.15) is 0 Å². The third-order valence-corrected chi connectivity index (χ3v) is 5.15. The Labute approximate surface area is 138 Å². The van der Waals surface area contributed by atoms with E-state index in [4.69, 9.17) is 5.73 Å². The van der Waals surface area contributed by atoms with Crippen molar-refractivity contribution in [3.8, 4) is 0 Å². The molecule has 5 nitrogen and oxygen atoms in total. The van der Waals surface area contributed by atoms with Crippen molar-refractivity contribution < 1.29 is 9.59 Å². The third kappa shape index (κ3) is 4.35. The minimum Gasteiger partial charge on any atom is -0.353 e. The van der Waals surface area contributed by atoms with Gasteiger partial charge in [-0.15, -0.1) is 12.4 Å². The van der Waals surface area contributed by atoms with Gasteiger partial charge < -0.3 is 16.0 Å². The average molecular weight is 330 g/mol. The van der Waals surface area contributed by atoms with Gasteiger partial charge in [0.05, 0.1) is 5.92 Å². The van der Waals surface area contributed by atoms with Crippen LogP contribution >= 0.6 is 12.4 Å². The fourth-order valence-corrected chi connectivity index (χ4v) is 3.56. The van der Waals surface area contributed by atoms with Crippen LogP contribution in [0.25, 0.3) is 0 Å². The van der Waals surface area contributed by atoms with Gasteiger partial charge in [-0.3, -0.25) is 9.59 Å². The molecule has 0 aromatic heterocycles. The number of likely N-dealkylation sites (tertiary alicyclic amines) is 1. The summed E-state index contributed by atoms with van der Waals surface area (Å²) in [5.74, 6) is 0.656. The molecule has 0 radical (unpaired) electrons. The normalized spacial score (nSPS) is 32.0. The maximum atomic E-state index is 12.4. The number of carbonyl (C=O) groups excluding carboxylic acids is 2. The number of nitrogens with two attached hydrogens (primary N) is 1. The van der Waals surface area contributed by atoms with Crippen LogP contribution in [-0.4, -0.2) is 41.9 Å². The number of nitrogens with zero attached hydrogens (tertiary/aromatic N) is 1. The standard InChI is InChI=1S/C16H27N3O2.ClH/c17-13-5-7-14(8-6-13)18-15(20)12-2-1-9-19(10-12)16(21)11-3-4-11;/h11-14H,1-10,17H2,(H,18,20);1H. The minimum atomic E-state index is -0.0166. The Morgan fingerprint density at radius 2 is 1.64 bits per heavy atom. The third-order valence-electron chi connectivity index (χ3n) is 5.15. The van der Waals surface area contributed by atoms with Gasteiger partial charge in [0.15, 0.2) is 0 Å². The molecule has 0 bridgehead atoms. The Hall–Kier alpha value is -0.810. The molecule has 0 aromatic carbocycles. The van der Waals surface area contributed by atoms with Gasteiger partial charge in [0, 0.05) is 31.1 Å². The monoisotopic (exact) mass is 329 g/mol. The van der Waals surface area contributed by atoms with E-state index in [0.717, 1.165) is 57.9 Å². The number of nitrogens with one attached hydrogen (secondary N) is 1. The maximum Gasteiger partial charge on any atom is 0.225 e. The van der Waals surface area contributed by atoms with Crippen molar-refractivity contribution in [1.82, 2.24) is 10.2 Å². The molecule has 2 amide bonds. The number of carbonyl (C=O) groups is 2. The van der Waals surface area contributed by atoms with Crippen molar-refractivity contribution in [2.75, 3.05) is 13.1 Å². The van der Waals surface area contributed by atoms with Crippen LogP contribution in [0.2, 0.25) is 0 Å². The molecule has 3 N–H and O–H groups in total. The van der Waals surface area contributed by atoms with Gasteiger partial charge in [-0.05, 0) is 51.4 Å². The maximum absolute atomic E-state index is 12.4. The lowest BCUT2D eigenvalue weighted by Gasteiger charge is -2.34. The first kappa shape index (κ1) is 17.5. The van der Waals surface area contributed by atoms with E-state index < -0.39 is 0 Å². The predicted octanol–water partition coefficient (Wildman–Crippen LogP) is 1.44. The number of hydrogen-bond acceptors (Lipinski definition) is 3. The Balaban J connectivity index is 0.00000176. The van der Waals surface area contributed by atoms with E-state index in [1.807, 2.05) is 4.90 Å². The molecule has 2 saturated carbocycles. The molecule has 3 rings (SSSR count). The second kappa shape index (κ2) is 7.64. The number of rotatable bonds is 3. The van der Waals surface area contributed by atoms with Crippen molar-refractivity contribution in [1.29, 1.82) is 0 Å². The van der Waals surface area contributed by atoms with Crippen LogP contribution < -0.4 is 11.1 Å². The Kier molecular flexibility index (Phi) is 6.09. The predicted molar refractivity (Wildman–Crippen MR) is 87.7 cm³/mol. The molecule has 3 aliphatic rings. The quantitative estimate of drug-likeness (QED) is 0.822. The highest BCUT2D eigenvalue weighted by molar-refractivity contribution is 5.85. The first-order chi connectivity index (χ1) is 10.1. The zero-order valence-electron chi connectivity index (χ0n) is 13.1. The van der Waals surface area contributed by atoms with Crippen molar-refractivity contribution in [2.24, 2.45) is 17.6 Å². The lowest BCUT2D eigenvalue weighted by Crippen LogP contribution is -2.49. The zero-order valence-corrected chi connectivity index (χ0v) is 13.9. The molecule has 0 aromatic rings. The van der Waals surface area contributed by atoms with Crippen LogP contribution in [0.5, 0.6) is 0 Å². The lowest BCUT2D eigenvalue weighted by molar-refractivity contribution is -0.137. The number of piperidine rings is 1. The van der Waals surface area contributed by atoms with E-state index in [1.165, 1.54) is 0 Å². The van der Waals surface area contributed by atoms with Crippen molar-refractivity contribution >= 4 is 24.2 Å². The van der Waals surface area contributed by atoms with Gasteiger partial charge in [-0.2, -0.15) is 0 Å². The highest BCUT2D eigenvalue weighted by atomic mass is 35.5. The van der Waals surface area contributed by atoms with Crippen LogP contribution in [0.4, 0.5) is 0 Å². The van der Waals surface area contributed by atoms with Crippen LogP contribution in [-0.2, 0) is 9.59 Å². The smallest absolute Gasteiger partial charge is 0.225 e. The van der Waals surface area contributed by atoms with E-state index in [2.05, 4.69) is 5.32 Å². The van der Waals surface area contributed by atoms with E-state index in [1.54, 1.807) is 0 Å². The Morgan fingerprint density at radius 3 is 2.27 bits per heavy atom. The number of hydrogen-bond donors (Lipinski definition) is 2. The molecule has 1 unspecified atom stereocenters. The topological polar surface area (TPSA) is 75.4 Å². The van der Waals surface area contributed by atoms with Crippen molar-refractivity contribution in [2.45, 2.75) is 63.5 Å². The molecule has 126 valence electrons. The zero-order chi connectivity index (χ0) is 14.8. The van der Waals surface area contributed by atoms with E-state index in [-0.39, 0.29) is 42.1 Å². The fraction of sp³-hybridized carbons (Fsp3) is 0.875. The molecule has 1 heterocycles. The molecule has 3 fully saturated rings. The first-order valence-electron chi connectivity index (χ1n) is 8.48. The number of amides is 2. The summed E-state index contributed by atoms with van der Waals surface area (Å²) in [6, 6.07) is 0.589. The van der Waals surface area contributed by atoms with Gasteiger partial charge in [-0.1, -0.05) is 0 Å². The molecule has 1 atom stereocenters. The van der Waals surface area contributed by atoms with Gasteiger partial charge in [0.25, 0.3) is 0 Å². The fourth-order valence-electron chi connectivity index (χ4n) is 3.56. The second-order valence-corrected chi connectivity index (χ2v) is 7.02.